The van der Waals surface area contributed by atoms with Gasteiger partial charge in [0.15, 0.2) is 0 Å². The summed E-state index contributed by atoms with van der Waals surface area (Å²) in [4.78, 5) is 24.9. The summed E-state index contributed by atoms with van der Waals surface area (Å²) in [5.41, 5.74) is 6.63. The van der Waals surface area contributed by atoms with E-state index >= 15 is 0 Å². The lowest BCUT2D eigenvalue weighted by Crippen LogP contribution is -2.49. The highest BCUT2D eigenvalue weighted by Crippen LogP contribution is 2.42. The molecule has 0 aromatic carbocycles. The summed E-state index contributed by atoms with van der Waals surface area (Å²) in [6, 6.07) is 8.28. The minimum Gasteiger partial charge on any atom is -0.368 e. The van der Waals surface area contributed by atoms with Crippen LogP contribution in [0.1, 0.15) is 36.9 Å². The van der Waals surface area contributed by atoms with Gasteiger partial charge in [0.05, 0.1) is 17.1 Å². The van der Waals surface area contributed by atoms with Crippen molar-refractivity contribution in [3.05, 3.63) is 64.5 Å². The first-order valence-electron chi connectivity index (χ1n) is 11.1. The minimum absolute atomic E-state index is 0.0556. The lowest BCUT2D eigenvalue weighted by Gasteiger charge is -2.33. The number of rotatable bonds is 3. The zero-order valence-corrected chi connectivity index (χ0v) is 17.9. The standard InChI is InChI=1S/C24H26N6O/c1-15-11-28(8-7-25-15)19-5-6-22-27-21(10-23(31)30(22)14-19)18-9-20(17-3-4-17)24-26-16(2)12-29(24)13-18/h5-6,9-10,12-15,17,25H,3-4,7-8,11H2,1-2H3/t15-/m0/s1. The summed E-state index contributed by atoms with van der Waals surface area (Å²) in [7, 11) is 0. The number of aryl methyl sites for hydroxylation is 1. The molecule has 1 saturated carbocycles. The Balaban J connectivity index is 1.44. The molecule has 4 aromatic rings. The molecule has 1 saturated heterocycles. The van der Waals surface area contributed by atoms with Gasteiger partial charge in [-0.3, -0.25) is 9.20 Å². The molecule has 7 nitrogen and oxygen atoms in total. The van der Waals surface area contributed by atoms with Crippen molar-refractivity contribution in [2.75, 3.05) is 24.5 Å². The second-order valence-corrected chi connectivity index (χ2v) is 8.97. The van der Waals surface area contributed by atoms with E-state index in [4.69, 9.17) is 9.97 Å². The summed E-state index contributed by atoms with van der Waals surface area (Å²) < 4.78 is 3.74. The van der Waals surface area contributed by atoms with Gasteiger partial charge in [-0.2, -0.15) is 0 Å². The molecule has 6 rings (SSSR count). The van der Waals surface area contributed by atoms with Crippen LogP contribution in [0, 0.1) is 6.92 Å². The number of nitrogens with zero attached hydrogens (tertiary/aromatic N) is 5. The van der Waals surface area contributed by atoms with Crippen molar-refractivity contribution in [2.24, 2.45) is 0 Å². The van der Waals surface area contributed by atoms with Gasteiger partial charge in [-0.25, -0.2) is 9.97 Å². The third-order valence-electron chi connectivity index (χ3n) is 6.39. The van der Waals surface area contributed by atoms with E-state index in [1.807, 2.05) is 31.6 Å². The predicted molar refractivity (Wildman–Crippen MR) is 122 cm³/mol. The van der Waals surface area contributed by atoms with E-state index in [0.29, 0.717) is 23.3 Å². The van der Waals surface area contributed by atoms with E-state index in [0.717, 1.165) is 42.2 Å². The van der Waals surface area contributed by atoms with Crippen molar-refractivity contribution in [1.82, 2.24) is 24.1 Å². The first kappa shape index (κ1) is 18.6. The number of piperazine rings is 1. The van der Waals surface area contributed by atoms with Crippen LogP contribution in [0.4, 0.5) is 5.69 Å². The maximum atomic E-state index is 13.0. The molecular formula is C24H26N6O. The Hall–Kier alpha value is -3.19. The molecule has 2 fully saturated rings. The summed E-state index contributed by atoms with van der Waals surface area (Å²) in [6.45, 7) is 7.01. The van der Waals surface area contributed by atoms with Gasteiger partial charge in [0.2, 0.25) is 0 Å². The Bertz CT molecular complexity index is 1370. The molecule has 1 aliphatic heterocycles. The van der Waals surface area contributed by atoms with E-state index in [9.17, 15) is 4.79 Å². The average molecular weight is 415 g/mol. The van der Waals surface area contributed by atoms with Crippen molar-refractivity contribution < 1.29 is 0 Å². The third-order valence-corrected chi connectivity index (χ3v) is 6.39. The molecule has 1 N–H and O–H groups in total. The summed E-state index contributed by atoms with van der Waals surface area (Å²) in [6.07, 6.45) is 8.40. The Labute approximate surface area is 180 Å². The van der Waals surface area contributed by atoms with Gasteiger partial charge in [-0.15, -0.1) is 0 Å². The molecule has 0 amide bonds. The largest absolute Gasteiger partial charge is 0.368 e. The molecular weight excluding hydrogens is 388 g/mol. The van der Waals surface area contributed by atoms with Gasteiger partial charge in [0, 0.05) is 55.9 Å². The van der Waals surface area contributed by atoms with Crippen LogP contribution in [0.5, 0.6) is 0 Å². The monoisotopic (exact) mass is 414 g/mol. The number of hydrogen-bond acceptors (Lipinski definition) is 5. The lowest BCUT2D eigenvalue weighted by molar-refractivity contribution is 0.484. The number of fused-ring (bicyclic) bond motifs is 2. The summed E-state index contributed by atoms with van der Waals surface area (Å²) in [5, 5.41) is 3.46. The van der Waals surface area contributed by atoms with Gasteiger partial charge < -0.3 is 14.6 Å². The van der Waals surface area contributed by atoms with Crippen molar-refractivity contribution in [2.45, 2.75) is 38.6 Å². The second-order valence-electron chi connectivity index (χ2n) is 8.97. The molecule has 0 bridgehead atoms. The second kappa shape index (κ2) is 6.92. The van der Waals surface area contributed by atoms with E-state index < -0.39 is 0 Å². The van der Waals surface area contributed by atoms with Crippen LogP contribution in [0.25, 0.3) is 22.6 Å². The third kappa shape index (κ3) is 3.29. The Morgan fingerprint density at radius 3 is 2.77 bits per heavy atom. The van der Waals surface area contributed by atoms with Gasteiger partial charge in [-0.1, -0.05) is 0 Å². The SMILES string of the molecule is Cc1cn2cc(-c3cc(=O)n4cc(N5CCN[C@@H](C)C5)ccc4n3)cc(C3CC3)c2n1. The van der Waals surface area contributed by atoms with E-state index in [-0.39, 0.29) is 5.56 Å². The van der Waals surface area contributed by atoms with Crippen LogP contribution in [-0.2, 0) is 0 Å². The van der Waals surface area contributed by atoms with Crippen molar-refractivity contribution in [3.63, 3.8) is 0 Å². The van der Waals surface area contributed by atoms with Gasteiger partial charge in [0.1, 0.15) is 11.3 Å². The molecule has 2 aliphatic rings. The number of nitrogens with one attached hydrogen (secondary N) is 1. The van der Waals surface area contributed by atoms with Gasteiger partial charge >= 0.3 is 0 Å². The molecule has 4 aromatic heterocycles. The summed E-state index contributed by atoms with van der Waals surface area (Å²) >= 11 is 0. The van der Waals surface area contributed by atoms with Crippen molar-refractivity contribution >= 4 is 17.0 Å². The number of hydrogen-bond donors (Lipinski definition) is 1. The van der Waals surface area contributed by atoms with E-state index in [1.54, 1.807) is 10.5 Å². The fraction of sp³-hybridized carbons (Fsp3) is 0.375. The smallest absolute Gasteiger partial charge is 0.258 e. The maximum Gasteiger partial charge on any atom is 0.258 e. The molecule has 0 radical (unpaired) electrons. The van der Waals surface area contributed by atoms with Crippen LogP contribution < -0.4 is 15.8 Å². The Morgan fingerprint density at radius 2 is 1.97 bits per heavy atom. The normalized spacial score (nSPS) is 19.4. The van der Waals surface area contributed by atoms with Crippen LogP contribution in [0.3, 0.4) is 0 Å². The van der Waals surface area contributed by atoms with Crippen LogP contribution in [-0.4, -0.2) is 44.4 Å². The molecule has 7 heteroatoms. The predicted octanol–water partition coefficient (Wildman–Crippen LogP) is 2.99. The highest BCUT2D eigenvalue weighted by Gasteiger charge is 2.27. The fourth-order valence-corrected chi connectivity index (χ4v) is 4.68. The molecule has 1 aliphatic carbocycles. The highest BCUT2D eigenvalue weighted by atomic mass is 16.1. The first-order chi connectivity index (χ1) is 15.0. The number of pyridine rings is 2. The van der Waals surface area contributed by atoms with Crippen LogP contribution in [0.15, 0.2) is 47.7 Å². The maximum absolute atomic E-state index is 13.0. The Kier molecular flexibility index (Phi) is 4.14. The average Bonchev–Trinajstić information content (AvgIpc) is 3.53. The zero-order valence-electron chi connectivity index (χ0n) is 17.9. The van der Waals surface area contributed by atoms with E-state index in [1.165, 1.54) is 18.4 Å². The topological polar surface area (TPSA) is 66.9 Å². The van der Waals surface area contributed by atoms with Crippen molar-refractivity contribution in [3.8, 4) is 11.3 Å². The number of imidazole rings is 1. The number of aromatic nitrogens is 4. The molecule has 0 spiro atoms. The van der Waals surface area contributed by atoms with Gasteiger partial charge in [0.25, 0.3) is 5.56 Å². The fourth-order valence-electron chi connectivity index (χ4n) is 4.68. The molecule has 1 atom stereocenters. The molecule has 158 valence electrons. The first-order valence-corrected chi connectivity index (χ1v) is 11.1. The van der Waals surface area contributed by atoms with Crippen molar-refractivity contribution in [1.29, 1.82) is 0 Å². The molecule has 31 heavy (non-hydrogen) atoms. The minimum atomic E-state index is -0.0556. The highest BCUT2D eigenvalue weighted by molar-refractivity contribution is 5.67. The quantitative estimate of drug-likeness (QED) is 0.558. The van der Waals surface area contributed by atoms with Gasteiger partial charge in [-0.05, 0) is 56.4 Å². The molecule has 0 unspecified atom stereocenters. The van der Waals surface area contributed by atoms with E-state index in [2.05, 4.69) is 33.7 Å². The Morgan fingerprint density at radius 1 is 1.10 bits per heavy atom. The lowest BCUT2D eigenvalue weighted by atomic mass is 10.1. The summed E-state index contributed by atoms with van der Waals surface area (Å²) in [5.74, 6) is 0.565. The van der Waals surface area contributed by atoms with Crippen LogP contribution >= 0.6 is 0 Å². The molecule has 5 heterocycles. The number of anilines is 1. The zero-order chi connectivity index (χ0) is 21.1. The van der Waals surface area contributed by atoms with Crippen LogP contribution in [0.2, 0.25) is 0 Å².